The molecule has 25 heavy (non-hydrogen) atoms. The van der Waals surface area contributed by atoms with Crippen LogP contribution in [0.2, 0.25) is 0 Å². The normalized spacial score (nSPS) is 22.7. The average Bonchev–Trinajstić information content (AvgIpc) is 2.99. The lowest BCUT2D eigenvalue weighted by Crippen LogP contribution is -2.30. The van der Waals surface area contributed by atoms with Crippen LogP contribution in [0.5, 0.6) is 5.75 Å². The molecule has 0 bridgehead atoms. The number of carbonyl (C=O) groups is 1. The number of ether oxygens (including phenoxy) is 1. The molecular weight excluding hydrogens is 384 g/mol. The van der Waals surface area contributed by atoms with Gasteiger partial charge in [-0.1, -0.05) is 36.4 Å². The summed E-state index contributed by atoms with van der Waals surface area (Å²) >= 11 is 3.53. The molecule has 5 nitrogen and oxygen atoms in total. The first kappa shape index (κ1) is 17.9. The number of carboxylic acids is 1. The molecule has 1 heterocycles. The molecular formula is C19H21BrN2O3. The van der Waals surface area contributed by atoms with Crippen LogP contribution in [0.15, 0.2) is 53.0 Å². The van der Waals surface area contributed by atoms with E-state index >= 15 is 0 Å². The van der Waals surface area contributed by atoms with Gasteiger partial charge in [0.15, 0.2) is 0 Å². The first-order valence-corrected chi connectivity index (χ1v) is 9.05. The number of rotatable bonds is 6. The highest BCUT2D eigenvalue weighted by Crippen LogP contribution is 2.34. The number of carboxylic acid groups (broad SMARTS) is 1. The van der Waals surface area contributed by atoms with Crippen LogP contribution in [0.3, 0.4) is 0 Å². The molecule has 3 unspecified atom stereocenters. The molecule has 2 aromatic rings. The van der Waals surface area contributed by atoms with Crippen molar-refractivity contribution in [3.05, 3.63) is 64.1 Å². The van der Waals surface area contributed by atoms with Gasteiger partial charge >= 0.3 is 5.97 Å². The highest BCUT2D eigenvalue weighted by Gasteiger charge is 2.39. The fraction of sp³-hybridized carbons (Fsp3) is 0.316. The molecule has 0 spiro atoms. The Morgan fingerprint density at radius 2 is 1.96 bits per heavy atom. The number of hydrazine groups is 1. The standard InChI is InChI=1S/C19H21BrN2O3/c1-12-17(19(23)24)18(22-21-12)14-7-8-16(15(20)11-14)25-10-9-13-5-3-2-4-6-13/h2-8,11-12,17-18,21-22H,9-10H2,1H3,(H,23,24). The van der Waals surface area contributed by atoms with E-state index in [0.717, 1.165) is 22.2 Å². The van der Waals surface area contributed by atoms with Gasteiger partial charge in [-0.15, -0.1) is 0 Å². The summed E-state index contributed by atoms with van der Waals surface area (Å²) in [5.74, 6) is -0.573. The summed E-state index contributed by atoms with van der Waals surface area (Å²) in [4.78, 5) is 11.5. The van der Waals surface area contributed by atoms with E-state index in [9.17, 15) is 9.90 Å². The topological polar surface area (TPSA) is 70.6 Å². The van der Waals surface area contributed by atoms with Gasteiger partial charge in [0.05, 0.1) is 23.0 Å². The molecule has 0 amide bonds. The number of benzene rings is 2. The van der Waals surface area contributed by atoms with E-state index < -0.39 is 11.9 Å². The average molecular weight is 405 g/mol. The van der Waals surface area contributed by atoms with Gasteiger partial charge < -0.3 is 9.84 Å². The smallest absolute Gasteiger partial charge is 0.310 e. The van der Waals surface area contributed by atoms with Crippen LogP contribution in [-0.2, 0) is 11.2 Å². The second-order valence-electron chi connectivity index (χ2n) is 6.19. The van der Waals surface area contributed by atoms with Gasteiger partial charge in [-0.3, -0.25) is 10.2 Å². The molecule has 1 saturated heterocycles. The van der Waals surface area contributed by atoms with Crippen molar-refractivity contribution in [2.45, 2.75) is 25.4 Å². The Balaban J connectivity index is 1.65. The third-order valence-corrected chi connectivity index (χ3v) is 5.08. The minimum Gasteiger partial charge on any atom is -0.492 e. The zero-order valence-electron chi connectivity index (χ0n) is 13.9. The molecule has 6 heteroatoms. The van der Waals surface area contributed by atoms with E-state index in [0.29, 0.717) is 6.61 Å². The fourth-order valence-corrected chi connectivity index (χ4v) is 3.60. The predicted octanol–water partition coefficient (Wildman–Crippen LogP) is 3.31. The quantitative estimate of drug-likeness (QED) is 0.688. The van der Waals surface area contributed by atoms with E-state index in [-0.39, 0.29) is 12.1 Å². The summed E-state index contributed by atoms with van der Waals surface area (Å²) in [6.45, 7) is 2.45. The van der Waals surface area contributed by atoms with Crippen molar-refractivity contribution in [3.8, 4) is 5.75 Å². The lowest BCUT2D eigenvalue weighted by Gasteiger charge is -2.18. The third-order valence-electron chi connectivity index (χ3n) is 4.46. The van der Waals surface area contributed by atoms with Crippen molar-refractivity contribution in [3.63, 3.8) is 0 Å². The zero-order valence-corrected chi connectivity index (χ0v) is 15.5. The van der Waals surface area contributed by atoms with Crippen LogP contribution < -0.4 is 15.6 Å². The van der Waals surface area contributed by atoms with Crippen LogP contribution in [0.1, 0.15) is 24.1 Å². The molecule has 0 aliphatic carbocycles. The number of hydrogen-bond donors (Lipinski definition) is 3. The van der Waals surface area contributed by atoms with Gasteiger partial charge in [0, 0.05) is 12.5 Å². The Labute approximate surface area is 155 Å². The van der Waals surface area contributed by atoms with E-state index in [1.54, 1.807) is 0 Å². The van der Waals surface area contributed by atoms with Crippen molar-refractivity contribution in [2.75, 3.05) is 6.61 Å². The maximum atomic E-state index is 11.5. The number of aliphatic carboxylic acids is 1. The van der Waals surface area contributed by atoms with Gasteiger partial charge in [-0.05, 0) is 46.1 Å². The molecule has 1 fully saturated rings. The van der Waals surface area contributed by atoms with E-state index in [4.69, 9.17) is 4.74 Å². The van der Waals surface area contributed by atoms with Gasteiger partial charge in [-0.25, -0.2) is 5.43 Å². The van der Waals surface area contributed by atoms with Crippen molar-refractivity contribution in [1.82, 2.24) is 10.9 Å². The number of halogens is 1. The summed E-state index contributed by atoms with van der Waals surface area (Å²) in [6, 6.07) is 15.5. The van der Waals surface area contributed by atoms with Crippen LogP contribution in [0, 0.1) is 5.92 Å². The highest BCUT2D eigenvalue weighted by molar-refractivity contribution is 9.10. The van der Waals surface area contributed by atoms with Crippen LogP contribution >= 0.6 is 15.9 Å². The Morgan fingerprint density at radius 3 is 2.64 bits per heavy atom. The Kier molecular flexibility index (Phi) is 5.73. The summed E-state index contributed by atoms with van der Waals surface area (Å²) < 4.78 is 6.68. The minimum atomic E-state index is -0.811. The molecule has 3 N–H and O–H groups in total. The van der Waals surface area contributed by atoms with Gasteiger partial charge in [-0.2, -0.15) is 0 Å². The maximum Gasteiger partial charge on any atom is 0.310 e. The van der Waals surface area contributed by atoms with Crippen LogP contribution in [0.4, 0.5) is 0 Å². The highest BCUT2D eigenvalue weighted by atomic mass is 79.9. The zero-order chi connectivity index (χ0) is 17.8. The first-order valence-electron chi connectivity index (χ1n) is 8.26. The number of nitrogens with one attached hydrogen (secondary N) is 2. The summed E-state index contributed by atoms with van der Waals surface area (Å²) in [6.07, 6.45) is 0.835. The first-order chi connectivity index (χ1) is 12.1. The maximum absolute atomic E-state index is 11.5. The van der Waals surface area contributed by atoms with E-state index in [1.165, 1.54) is 5.56 Å². The van der Waals surface area contributed by atoms with Crippen molar-refractivity contribution < 1.29 is 14.6 Å². The molecule has 0 radical (unpaired) electrons. The molecule has 3 atom stereocenters. The van der Waals surface area contributed by atoms with Crippen LogP contribution in [0.25, 0.3) is 0 Å². The largest absolute Gasteiger partial charge is 0.492 e. The van der Waals surface area contributed by atoms with Crippen molar-refractivity contribution >= 4 is 21.9 Å². The molecule has 3 rings (SSSR count). The molecule has 0 saturated carbocycles. The summed E-state index contributed by atoms with van der Waals surface area (Å²) in [5.41, 5.74) is 8.22. The molecule has 1 aliphatic rings. The predicted molar refractivity (Wildman–Crippen MR) is 99.4 cm³/mol. The second kappa shape index (κ2) is 7.99. The van der Waals surface area contributed by atoms with E-state index in [2.05, 4.69) is 38.9 Å². The monoisotopic (exact) mass is 404 g/mol. The Hall–Kier alpha value is -1.89. The Morgan fingerprint density at radius 1 is 1.20 bits per heavy atom. The van der Waals surface area contributed by atoms with Crippen molar-refractivity contribution in [1.29, 1.82) is 0 Å². The molecule has 132 valence electrons. The second-order valence-corrected chi connectivity index (χ2v) is 7.05. The van der Waals surface area contributed by atoms with Gasteiger partial charge in [0.1, 0.15) is 5.75 Å². The third kappa shape index (κ3) is 4.21. The lowest BCUT2D eigenvalue weighted by molar-refractivity contribution is -0.142. The van der Waals surface area contributed by atoms with E-state index in [1.807, 2.05) is 43.3 Å². The lowest BCUT2D eigenvalue weighted by atomic mass is 9.90. The molecule has 0 aromatic heterocycles. The minimum absolute atomic E-state index is 0.136. The molecule has 2 aromatic carbocycles. The van der Waals surface area contributed by atoms with Crippen LogP contribution in [-0.4, -0.2) is 23.7 Å². The fourth-order valence-electron chi connectivity index (χ4n) is 3.09. The van der Waals surface area contributed by atoms with Crippen molar-refractivity contribution in [2.24, 2.45) is 5.92 Å². The van der Waals surface area contributed by atoms with Gasteiger partial charge in [0.2, 0.25) is 0 Å². The SMILES string of the molecule is CC1NNC(c2ccc(OCCc3ccccc3)c(Br)c2)C1C(=O)O. The Bertz CT molecular complexity index is 739. The number of hydrogen-bond acceptors (Lipinski definition) is 4. The molecule has 1 aliphatic heterocycles. The summed E-state index contributed by atoms with van der Waals surface area (Å²) in [7, 11) is 0. The van der Waals surface area contributed by atoms with Gasteiger partial charge in [0.25, 0.3) is 0 Å². The summed E-state index contributed by atoms with van der Waals surface area (Å²) in [5, 5.41) is 9.45.